The molecule has 1 aromatic carbocycles. The van der Waals surface area contributed by atoms with Crippen molar-refractivity contribution in [1.29, 1.82) is 0 Å². The largest absolute Gasteiger partial charge is 0.444 e. The van der Waals surface area contributed by atoms with Crippen LogP contribution < -0.4 is 5.32 Å². The highest BCUT2D eigenvalue weighted by Gasteiger charge is 2.27. The number of aromatic nitrogens is 2. The summed E-state index contributed by atoms with van der Waals surface area (Å²) in [5, 5.41) is 17.3. The van der Waals surface area contributed by atoms with Crippen LogP contribution in [0.1, 0.15) is 63.6 Å². The predicted octanol–water partition coefficient (Wildman–Crippen LogP) is 4.41. The van der Waals surface area contributed by atoms with E-state index in [1.807, 2.05) is 41.1 Å². The molecular weight excluding hydrogens is 342 g/mol. The number of anilines is 1. The van der Waals surface area contributed by atoms with Crippen molar-refractivity contribution in [2.75, 3.05) is 5.32 Å². The summed E-state index contributed by atoms with van der Waals surface area (Å²) in [6.07, 6.45) is 2.75. The van der Waals surface area contributed by atoms with Gasteiger partial charge in [-0.2, -0.15) is 5.10 Å². The number of rotatable bonds is 4. The molecule has 0 aliphatic heterocycles. The second kappa shape index (κ2) is 8.13. The molecule has 0 radical (unpaired) electrons. The van der Waals surface area contributed by atoms with E-state index in [0.717, 1.165) is 36.9 Å². The van der Waals surface area contributed by atoms with Crippen molar-refractivity contribution in [3.05, 3.63) is 47.7 Å². The van der Waals surface area contributed by atoms with Crippen LogP contribution in [0.4, 0.5) is 10.6 Å². The fraction of sp³-hybridized carbons (Fsp3) is 0.524. The first-order chi connectivity index (χ1) is 12.8. The van der Waals surface area contributed by atoms with Gasteiger partial charge in [0.2, 0.25) is 0 Å². The van der Waals surface area contributed by atoms with Gasteiger partial charge in [0, 0.05) is 12.0 Å². The molecule has 0 unspecified atom stereocenters. The van der Waals surface area contributed by atoms with Crippen LogP contribution in [0.15, 0.2) is 36.4 Å². The first-order valence-electron chi connectivity index (χ1n) is 9.59. The molecule has 0 saturated heterocycles. The Kier molecular flexibility index (Phi) is 5.85. The predicted molar refractivity (Wildman–Crippen MR) is 105 cm³/mol. The second-order valence-corrected chi connectivity index (χ2v) is 8.23. The Hall–Kier alpha value is -2.34. The average molecular weight is 371 g/mol. The Morgan fingerprint density at radius 2 is 1.89 bits per heavy atom. The fourth-order valence-electron chi connectivity index (χ4n) is 3.43. The third-order valence-corrected chi connectivity index (χ3v) is 4.92. The molecule has 0 atom stereocenters. The number of aliphatic hydroxyl groups excluding tert-OH is 1. The minimum atomic E-state index is -0.491. The number of hydrogen-bond acceptors (Lipinski definition) is 4. The van der Waals surface area contributed by atoms with Gasteiger partial charge < -0.3 is 9.84 Å². The number of ether oxygens (including phenoxy) is 1. The fourth-order valence-corrected chi connectivity index (χ4v) is 3.43. The Labute approximate surface area is 160 Å². The molecule has 146 valence electrons. The molecule has 1 aromatic heterocycles. The molecule has 1 fully saturated rings. The van der Waals surface area contributed by atoms with Crippen LogP contribution in [0, 0.1) is 0 Å². The lowest BCUT2D eigenvalue weighted by Gasteiger charge is -2.24. The third kappa shape index (κ3) is 5.10. The maximum atomic E-state index is 12.3. The van der Waals surface area contributed by atoms with Crippen LogP contribution in [0.5, 0.6) is 0 Å². The van der Waals surface area contributed by atoms with Crippen LogP contribution in [0.3, 0.4) is 0 Å². The smallest absolute Gasteiger partial charge is 0.413 e. The lowest BCUT2D eigenvalue weighted by Crippen LogP contribution is -2.27. The maximum Gasteiger partial charge on any atom is 0.413 e. The van der Waals surface area contributed by atoms with Crippen molar-refractivity contribution in [1.82, 2.24) is 9.78 Å². The van der Waals surface area contributed by atoms with Crippen molar-refractivity contribution in [3.8, 4) is 0 Å². The molecule has 1 saturated carbocycles. The second-order valence-electron chi connectivity index (χ2n) is 8.23. The van der Waals surface area contributed by atoms with Gasteiger partial charge in [0.05, 0.1) is 17.3 Å². The summed E-state index contributed by atoms with van der Waals surface area (Å²) in [7, 11) is 0. The van der Waals surface area contributed by atoms with Crippen molar-refractivity contribution in [2.45, 2.75) is 70.6 Å². The van der Waals surface area contributed by atoms with Gasteiger partial charge >= 0.3 is 6.09 Å². The van der Waals surface area contributed by atoms with E-state index in [1.165, 1.54) is 0 Å². The molecule has 6 heteroatoms. The van der Waals surface area contributed by atoms with E-state index in [-0.39, 0.29) is 18.2 Å². The lowest BCUT2D eigenvalue weighted by atomic mass is 9.85. The van der Waals surface area contributed by atoms with Crippen LogP contribution in [0.2, 0.25) is 0 Å². The molecule has 6 nitrogen and oxygen atoms in total. The summed E-state index contributed by atoms with van der Waals surface area (Å²) in [6, 6.07) is 11.5. The summed E-state index contributed by atoms with van der Waals surface area (Å²) in [6.45, 7) is 6.38. The molecule has 1 heterocycles. The topological polar surface area (TPSA) is 76.4 Å². The highest BCUT2D eigenvalue weighted by Crippen LogP contribution is 2.34. The third-order valence-electron chi connectivity index (χ3n) is 4.92. The van der Waals surface area contributed by atoms with E-state index in [2.05, 4.69) is 26.1 Å². The Balaban J connectivity index is 1.70. The van der Waals surface area contributed by atoms with E-state index in [9.17, 15) is 9.90 Å². The summed E-state index contributed by atoms with van der Waals surface area (Å²) in [5.41, 5.74) is 1.64. The monoisotopic (exact) mass is 371 g/mol. The number of carbonyl (C=O) groups is 1. The number of benzene rings is 1. The molecule has 3 rings (SSSR count). The minimum Gasteiger partial charge on any atom is -0.444 e. The zero-order chi connectivity index (χ0) is 19.4. The summed E-state index contributed by atoms with van der Waals surface area (Å²) < 4.78 is 7.19. The van der Waals surface area contributed by atoms with Crippen molar-refractivity contribution < 1.29 is 14.6 Å². The number of carbonyl (C=O) groups excluding carboxylic acids is 1. The molecule has 27 heavy (non-hydrogen) atoms. The van der Waals surface area contributed by atoms with E-state index < -0.39 is 6.09 Å². The van der Waals surface area contributed by atoms with Crippen LogP contribution in [-0.4, -0.2) is 27.1 Å². The van der Waals surface area contributed by atoms with Crippen molar-refractivity contribution in [2.24, 2.45) is 0 Å². The van der Waals surface area contributed by atoms with Gasteiger partial charge in [-0.25, -0.2) is 9.48 Å². The van der Waals surface area contributed by atoms with E-state index >= 15 is 0 Å². The van der Waals surface area contributed by atoms with Crippen LogP contribution in [0.25, 0.3) is 0 Å². The van der Waals surface area contributed by atoms with E-state index in [1.54, 1.807) is 0 Å². The molecule has 1 aliphatic carbocycles. The molecule has 1 aliphatic rings. The maximum absolute atomic E-state index is 12.3. The van der Waals surface area contributed by atoms with Crippen LogP contribution in [-0.2, 0) is 16.9 Å². The van der Waals surface area contributed by atoms with Crippen molar-refractivity contribution in [3.63, 3.8) is 0 Å². The normalized spacial score (nSPS) is 20.3. The summed E-state index contributed by atoms with van der Waals surface area (Å²) in [4.78, 5) is 12.3. The van der Waals surface area contributed by atoms with E-state index in [0.29, 0.717) is 11.7 Å². The number of hydrogen-bond donors (Lipinski definition) is 2. The molecule has 0 spiro atoms. The number of aliphatic hydroxyl groups is 1. The van der Waals surface area contributed by atoms with Gasteiger partial charge in [-0.05, 0) is 52.0 Å². The van der Waals surface area contributed by atoms with Gasteiger partial charge in [0.25, 0.3) is 0 Å². The standard InChI is InChI=1S/C21H29N3O3/c1-21(2,3)24-19(13-18(23-24)16-9-11-17(25)12-10-16)22-20(26)27-14-15-7-5-4-6-8-15/h4-8,13,16-17,25H,9-12,14H2,1-3H3,(H,22,26). The number of nitrogens with one attached hydrogen (secondary N) is 1. The number of amides is 1. The van der Waals surface area contributed by atoms with Gasteiger partial charge in [-0.15, -0.1) is 0 Å². The van der Waals surface area contributed by atoms with Gasteiger partial charge in [-0.1, -0.05) is 30.3 Å². The Morgan fingerprint density at radius 1 is 1.22 bits per heavy atom. The highest BCUT2D eigenvalue weighted by atomic mass is 16.5. The molecular formula is C21H29N3O3. The zero-order valence-electron chi connectivity index (χ0n) is 16.3. The summed E-state index contributed by atoms with van der Waals surface area (Å²) in [5.74, 6) is 0.958. The van der Waals surface area contributed by atoms with Crippen molar-refractivity contribution >= 4 is 11.9 Å². The Bertz CT molecular complexity index is 757. The minimum absolute atomic E-state index is 0.198. The zero-order valence-corrected chi connectivity index (χ0v) is 16.3. The van der Waals surface area contributed by atoms with Gasteiger partial charge in [0.1, 0.15) is 12.4 Å². The van der Waals surface area contributed by atoms with Crippen LogP contribution >= 0.6 is 0 Å². The molecule has 2 N–H and O–H groups in total. The Morgan fingerprint density at radius 3 is 2.52 bits per heavy atom. The first kappa shape index (κ1) is 19.4. The first-order valence-corrected chi connectivity index (χ1v) is 9.59. The van der Waals surface area contributed by atoms with E-state index in [4.69, 9.17) is 9.84 Å². The molecule has 2 aromatic rings. The van der Waals surface area contributed by atoms with Gasteiger partial charge in [-0.3, -0.25) is 5.32 Å². The number of nitrogens with zero attached hydrogens (tertiary/aromatic N) is 2. The lowest BCUT2D eigenvalue weighted by molar-refractivity contribution is 0.121. The van der Waals surface area contributed by atoms with Gasteiger partial charge in [0.15, 0.2) is 0 Å². The quantitative estimate of drug-likeness (QED) is 0.835. The highest BCUT2D eigenvalue weighted by molar-refractivity contribution is 5.83. The summed E-state index contributed by atoms with van der Waals surface area (Å²) >= 11 is 0. The molecule has 0 bridgehead atoms. The average Bonchev–Trinajstić information content (AvgIpc) is 3.05. The molecule has 1 amide bonds. The SMILES string of the molecule is CC(C)(C)n1nc(C2CCC(O)CC2)cc1NC(=O)OCc1ccccc1.